The Morgan fingerprint density at radius 3 is 2.10 bits per heavy atom. The zero-order chi connectivity index (χ0) is 21.8. The highest BCUT2D eigenvalue weighted by atomic mass is 16.5. The molecule has 6 nitrogen and oxygen atoms in total. The second-order valence-electron chi connectivity index (χ2n) is 7.34. The summed E-state index contributed by atoms with van der Waals surface area (Å²) in [6, 6.07) is 11.4. The first-order chi connectivity index (χ1) is 14.5. The minimum Gasteiger partial charge on any atom is -0.494 e. The van der Waals surface area contributed by atoms with E-state index in [9.17, 15) is 9.59 Å². The van der Waals surface area contributed by atoms with Gasteiger partial charge in [0.25, 0.3) is 0 Å². The van der Waals surface area contributed by atoms with Crippen LogP contribution in [0.25, 0.3) is 0 Å². The summed E-state index contributed by atoms with van der Waals surface area (Å²) in [5.74, 6) is -0.106. The van der Waals surface area contributed by atoms with E-state index in [2.05, 4.69) is 11.9 Å². The van der Waals surface area contributed by atoms with Crippen LogP contribution >= 0.6 is 0 Å². The Morgan fingerprint density at radius 2 is 1.43 bits per heavy atom. The molecule has 0 saturated carbocycles. The van der Waals surface area contributed by atoms with Crippen molar-refractivity contribution in [3.05, 3.63) is 53.9 Å². The third-order valence-electron chi connectivity index (χ3n) is 4.31. The normalized spacial score (nSPS) is 10.7. The smallest absolute Gasteiger partial charge is 0.362 e. The molecule has 0 saturated heterocycles. The van der Waals surface area contributed by atoms with E-state index in [4.69, 9.17) is 14.2 Å². The monoisotopic (exact) mass is 413 g/mol. The summed E-state index contributed by atoms with van der Waals surface area (Å²) >= 11 is 0. The van der Waals surface area contributed by atoms with Gasteiger partial charge >= 0.3 is 11.9 Å². The molecule has 30 heavy (non-hydrogen) atoms. The highest BCUT2D eigenvalue weighted by molar-refractivity contribution is 5.92. The van der Waals surface area contributed by atoms with E-state index in [0.717, 1.165) is 12.2 Å². The lowest BCUT2D eigenvalue weighted by Gasteiger charge is -2.09. The van der Waals surface area contributed by atoms with Crippen molar-refractivity contribution in [2.45, 2.75) is 65.4 Å². The molecule has 1 aromatic heterocycles. The van der Waals surface area contributed by atoms with E-state index in [1.54, 1.807) is 44.2 Å². The molecule has 0 aliphatic heterocycles. The highest BCUT2D eigenvalue weighted by Crippen LogP contribution is 2.19. The maximum absolute atomic E-state index is 12.3. The van der Waals surface area contributed by atoms with Crippen LogP contribution in [0, 0.1) is 0 Å². The summed E-state index contributed by atoms with van der Waals surface area (Å²) in [5.41, 5.74) is 0.105. The molecule has 162 valence electrons. The lowest BCUT2D eigenvalue weighted by atomic mass is 10.1. The number of aromatic nitrogens is 1. The Kier molecular flexibility index (Phi) is 9.84. The van der Waals surface area contributed by atoms with Gasteiger partial charge in [-0.1, -0.05) is 45.1 Å². The Bertz CT molecular complexity index is 801. The van der Waals surface area contributed by atoms with Crippen molar-refractivity contribution < 1.29 is 23.8 Å². The first kappa shape index (κ1) is 23.4. The average Bonchev–Trinajstić information content (AvgIpc) is 2.74. The molecule has 2 aromatic rings. The van der Waals surface area contributed by atoms with E-state index in [1.165, 1.54) is 44.2 Å². The number of esters is 2. The SMILES string of the molecule is CCCCCCCCOc1ccc(OC(=O)c2cccc(C(=O)OC(C)C)n2)cc1. The lowest BCUT2D eigenvalue weighted by Crippen LogP contribution is -2.16. The molecule has 0 N–H and O–H groups in total. The molecule has 2 rings (SSSR count). The number of benzene rings is 1. The maximum atomic E-state index is 12.3. The van der Waals surface area contributed by atoms with Crippen molar-refractivity contribution >= 4 is 11.9 Å². The number of unbranched alkanes of at least 4 members (excludes halogenated alkanes) is 5. The minimum absolute atomic E-state index is 0.0385. The van der Waals surface area contributed by atoms with Crippen molar-refractivity contribution in [1.82, 2.24) is 4.98 Å². The van der Waals surface area contributed by atoms with Gasteiger partial charge in [0.1, 0.15) is 22.9 Å². The molecule has 0 spiro atoms. The number of carbonyl (C=O) groups is 2. The molecule has 0 radical (unpaired) electrons. The van der Waals surface area contributed by atoms with Gasteiger partial charge in [-0.25, -0.2) is 14.6 Å². The molecule has 0 unspecified atom stereocenters. The Morgan fingerprint density at radius 1 is 0.833 bits per heavy atom. The fraction of sp³-hybridized carbons (Fsp3) is 0.458. The quantitative estimate of drug-likeness (QED) is 0.256. The van der Waals surface area contributed by atoms with Crippen molar-refractivity contribution in [3.8, 4) is 11.5 Å². The molecule has 0 aliphatic carbocycles. The van der Waals surface area contributed by atoms with Gasteiger partial charge in [-0.15, -0.1) is 0 Å². The number of ether oxygens (including phenoxy) is 3. The molecule has 0 amide bonds. The van der Waals surface area contributed by atoms with E-state index in [0.29, 0.717) is 12.4 Å². The van der Waals surface area contributed by atoms with Gasteiger partial charge in [-0.2, -0.15) is 0 Å². The van der Waals surface area contributed by atoms with Crippen LogP contribution in [0.2, 0.25) is 0 Å². The average molecular weight is 414 g/mol. The zero-order valence-electron chi connectivity index (χ0n) is 18.1. The van der Waals surface area contributed by atoms with E-state index >= 15 is 0 Å². The maximum Gasteiger partial charge on any atom is 0.362 e. The van der Waals surface area contributed by atoms with E-state index in [1.807, 2.05) is 0 Å². The molecule has 1 aromatic carbocycles. The first-order valence-electron chi connectivity index (χ1n) is 10.6. The summed E-state index contributed by atoms with van der Waals surface area (Å²) in [6.07, 6.45) is 7.01. The van der Waals surface area contributed by atoms with Gasteiger partial charge in [-0.05, 0) is 56.7 Å². The van der Waals surface area contributed by atoms with Crippen molar-refractivity contribution in [3.63, 3.8) is 0 Å². The largest absolute Gasteiger partial charge is 0.494 e. The van der Waals surface area contributed by atoms with Crippen LogP contribution in [0.4, 0.5) is 0 Å². The van der Waals surface area contributed by atoms with E-state index < -0.39 is 11.9 Å². The lowest BCUT2D eigenvalue weighted by molar-refractivity contribution is 0.0370. The minimum atomic E-state index is -0.644. The van der Waals surface area contributed by atoms with Crippen LogP contribution in [0.5, 0.6) is 11.5 Å². The molecular formula is C24H31NO5. The number of pyridine rings is 1. The highest BCUT2D eigenvalue weighted by Gasteiger charge is 2.16. The third-order valence-corrected chi connectivity index (χ3v) is 4.31. The summed E-state index contributed by atoms with van der Waals surface area (Å²) in [5, 5.41) is 0. The van der Waals surface area contributed by atoms with Crippen molar-refractivity contribution in [2.75, 3.05) is 6.61 Å². The molecule has 1 heterocycles. The van der Waals surface area contributed by atoms with Crippen LogP contribution in [0.3, 0.4) is 0 Å². The molecule has 0 aliphatic rings. The first-order valence-corrected chi connectivity index (χ1v) is 10.6. The van der Waals surface area contributed by atoms with Gasteiger partial charge in [0.05, 0.1) is 12.7 Å². The van der Waals surface area contributed by atoms with Gasteiger partial charge in [0, 0.05) is 0 Å². The van der Waals surface area contributed by atoms with Crippen molar-refractivity contribution in [1.29, 1.82) is 0 Å². The van der Waals surface area contributed by atoms with Crippen LogP contribution in [0.15, 0.2) is 42.5 Å². The summed E-state index contributed by atoms with van der Waals surface area (Å²) in [4.78, 5) is 28.3. The Labute approximate surface area is 178 Å². The van der Waals surface area contributed by atoms with Crippen LogP contribution in [-0.2, 0) is 4.74 Å². The van der Waals surface area contributed by atoms with Gasteiger partial charge in [-0.3, -0.25) is 0 Å². The van der Waals surface area contributed by atoms with Crippen LogP contribution < -0.4 is 9.47 Å². The number of carbonyl (C=O) groups excluding carboxylic acids is 2. The Hall–Kier alpha value is -2.89. The molecular weight excluding hydrogens is 382 g/mol. The molecule has 0 fully saturated rings. The van der Waals surface area contributed by atoms with Crippen molar-refractivity contribution in [2.24, 2.45) is 0 Å². The number of hydrogen-bond donors (Lipinski definition) is 0. The standard InChI is InChI=1S/C24H31NO5/c1-4-5-6-7-8-9-17-28-19-13-15-20(16-14-19)30-24(27)22-12-10-11-21(25-22)23(26)29-18(2)3/h10-16,18H,4-9,17H2,1-3H3. The second kappa shape index (κ2) is 12.6. The van der Waals surface area contributed by atoms with Gasteiger partial charge in [0.15, 0.2) is 0 Å². The molecule has 0 bridgehead atoms. The van der Waals surface area contributed by atoms with Gasteiger partial charge in [0.2, 0.25) is 0 Å². The zero-order valence-corrected chi connectivity index (χ0v) is 18.1. The Balaban J connectivity index is 1.82. The number of nitrogens with zero attached hydrogens (tertiary/aromatic N) is 1. The number of hydrogen-bond acceptors (Lipinski definition) is 6. The topological polar surface area (TPSA) is 74.7 Å². The fourth-order valence-corrected chi connectivity index (χ4v) is 2.77. The third kappa shape index (κ3) is 8.23. The second-order valence-corrected chi connectivity index (χ2v) is 7.34. The van der Waals surface area contributed by atoms with Crippen LogP contribution in [-0.4, -0.2) is 29.6 Å². The van der Waals surface area contributed by atoms with Gasteiger partial charge < -0.3 is 14.2 Å². The fourth-order valence-electron chi connectivity index (χ4n) is 2.77. The van der Waals surface area contributed by atoms with Crippen LogP contribution in [0.1, 0.15) is 80.3 Å². The summed E-state index contributed by atoms with van der Waals surface area (Å²) in [7, 11) is 0. The summed E-state index contributed by atoms with van der Waals surface area (Å²) < 4.78 is 16.2. The molecule has 6 heteroatoms. The predicted molar refractivity (Wildman–Crippen MR) is 115 cm³/mol. The molecule has 0 atom stereocenters. The van der Waals surface area contributed by atoms with E-state index in [-0.39, 0.29) is 17.5 Å². The number of rotatable bonds is 12. The summed E-state index contributed by atoms with van der Waals surface area (Å²) in [6.45, 7) is 6.38. The predicted octanol–water partition coefficient (Wildman–Crippen LogP) is 5.61.